The van der Waals surface area contributed by atoms with E-state index in [-0.39, 0.29) is 17.8 Å². The Labute approximate surface area is 198 Å². The molecule has 0 unspecified atom stereocenters. The fourth-order valence-electron chi connectivity index (χ4n) is 5.18. The highest BCUT2D eigenvalue weighted by atomic mass is 16.5. The highest BCUT2D eigenvalue weighted by Crippen LogP contribution is 2.49. The van der Waals surface area contributed by atoms with Crippen molar-refractivity contribution in [2.75, 3.05) is 5.32 Å². The molecular formula is C26H31N4O4+. The van der Waals surface area contributed by atoms with E-state index >= 15 is 0 Å². The SMILES string of the molecule is Cc1cccc(C(=O)Nc2cc3cn(C4CCC(O)(C5CC5)CC4)nc3cc2OC2CC2)[n+]1O. The maximum Gasteiger partial charge on any atom is 0.325 e. The molecule has 8 nitrogen and oxygen atoms in total. The van der Waals surface area contributed by atoms with Crippen LogP contribution >= 0.6 is 0 Å². The Balaban J connectivity index is 1.27. The highest BCUT2D eigenvalue weighted by molar-refractivity contribution is 6.04. The quantitative estimate of drug-likeness (QED) is 0.380. The van der Waals surface area contributed by atoms with Crippen LogP contribution in [-0.2, 0) is 0 Å². The van der Waals surface area contributed by atoms with E-state index in [1.807, 2.05) is 23.0 Å². The lowest BCUT2D eigenvalue weighted by Crippen LogP contribution is -2.42. The van der Waals surface area contributed by atoms with Crippen molar-refractivity contribution in [3.05, 3.63) is 47.9 Å². The van der Waals surface area contributed by atoms with Crippen molar-refractivity contribution in [3.63, 3.8) is 0 Å². The minimum Gasteiger partial charge on any atom is -0.488 e. The van der Waals surface area contributed by atoms with Gasteiger partial charge in [0.25, 0.3) is 0 Å². The lowest BCUT2D eigenvalue weighted by molar-refractivity contribution is -0.909. The van der Waals surface area contributed by atoms with E-state index in [9.17, 15) is 15.1 Å². The lowest BCUT2D eigenvalue weighted by atomic mass is 9.79. The Morgan fingerprint density at radius 2 is 1.94 bits per heavy atom. The molecule has 3 saturated carbocycles. The number of carbonyl (C=O) groups excluding carboxylic acids is 1. The lowest BCUT2D eigenvalue weighted by Gasteiger charge is -2.36. The first-order valence-corrected chi connectivity index (χ1v) is 12.3. The molecule has 0 bridgehead atoms. The Bertz CT molecular complexity index is 1250. The number of aryl methyl sites for hydroxylation is 1. The number of pyridine rings is 1. The Morgan fingerprint density at radius 3 is 2.65 bits per heavy atom. The molecule has 6 rings (SSSR count). The molecule has 1 aromatic carbocycles. The molecule has 3 N–H and O–H groups in total. The Morgan fingerprint density at radius 1 is 1.18 bits per heavy atom. The highest BCUT2D eigenvalue weighted by Gasteiger charge is 2.45. The largest absolute Gasteiger partial charge is 0.488 e. The summed E-state index contributed by atoms with van der Waals surface area (Å²) in [5.74, 6) is 0.673. The fraction of sp³-hybridized carbons (Fsp3) is 0.500. The predicted molar refractivity (Wildman–Crippen MR) is 125 cm³/mol. The van der Waals surface area contributed by atoms with Gasteiger partial charge in [-0.3, -0.25) is 14.7 Å². The van der Waals surface area contributed by atoms with Crippen molar-refractivity contribution in [1.82, 2.24) is 9.78 Å². The molecule has 2 heterocycles. The monoisotopic (exact) mass is 463 g/mol. The third kappa shape index (κ3) is 4.00. The number of nitrogens with one attached hydrogen (secondary N) is 1. The summed E-state index contributed by atoms with van der Waals surface area (Å²) >= 11 is 0. The predicted octanol–water partition coefficient (Wildman–Crippen LogP) is 3.92. The summed E-state index contributed by atoms with van der Waals surface area (Å²) in [5, 5.41) is 29.8. The number of carbonyl (C=O) groups is 1. The molecule has 2 aromatic heterocycles. The van der Waals surface area contributed by atoms with Crippen molar-refractivity contribution in [2.45, 2.75) is 76.0 Å². The van der Waals surface area contributed by atoms with Crippen LogP contribution in [0.3, 0.4) is 0 Å². The van der Waals surface area contributed by atoms with Gasteiger partial charge in [0.15, 0.2) is 0 Å². The zero-order chi connectivity index (χ0) is 23.4. The molecule has 0 spiro atoms. The van der Waals surface area contributed by atoms with Gasteiger partial charge in [0, 0.05) is 41.4 Å². The maximum atomic E-state index is 13.0. The van der Waals surface area contributed by atoms with Crippen molar-refractivity contribution >= 4 is 22.5 Å². The molecule has 3 aliphatic carbocycles. The first-order chi connectivity index (χ1) is 16.4. The molecule has 3 fully saturated rings. The van der Waals surface area contributed by atoms with E-state index in [0.29, 0.717) is 23.0 Å². The number of aromatic nitrogens is 3. The normalized spacial score (nSPS) is 24.8. The van der Waals surface area contributed by atoms with Crippen LogP contribution in [0.25, 0.3) is 10.9 Å². The molecule has 0 saturated heterocycles. The number of nitrogens with zero attached hydrogens (tertiary/aromatic N) is 3. The number of fused-ring (bicyclic) bond motifs is 1. The zero-order valence-electron chi connectivity index (χ0n) is 19.4. The van der Waals surface area contributed by atoms with Crippen LogP contribution in [0.15, 0.2) is 36.5 Å². The van der Waals surface area contributed by atoms with Crippen LogP contribution in [0, 0.1) is 12.8 Å². The molecule has 8 heteroatoms. The Hall–Kier alpha value is -3.13. The maximum absolute atomic E-state index is 13.0. The van der Waals surface area contributed by atoms with Gasteiger partial charge in [0.1, 0.15) is 5.75 Å². The van der Waals surface area contributed by atoms with Gasteiger partial charge >= 0.3 is 11.6 Å². The number of amides is 1. The van der Waals surface area contributed by atoms with E-state index in [1.54, 1.807) is 25.1 Å². The number of rotatable bonds is 6. The summed E-state index contributed by atoms with van der Waals surface area (Å²) < 4.78 is 9.01. The van der Waals surface area contributed by atoms with E-state index in [2.05, 4.69) is 5.32 Å². The standard InChI is InChI=1S/C26H30N4O4/c1-16-3-2-4-23(30(16)33)25(31)27-22-13-17-15-29(28-21(17)14-24(22)34-20-7-8-20)19-9-11-26(32,12-10-19)18-5-6-18/h2-4,13-15,18-20,32H,5-12H2,1H3,(H-,27,31,33)/p+1. The van der Waals surface area contributed by atoms with E-state index in [0.717, 1.165) is 67.0 Å². The average molecular weight is 464 g/mol. The van der Waals surface area contributed by atoms with E-state index in [4.69, 9.17) is 9.84 Å². The van der Waals surface area contributed by atoms with E-state index < -0.39 is 11.5 Å². The number of aliphatic hydroxyl groups is 1. The average Bonchev–Trinajstić information content (AvgIpc) is 3.74. The minimum absolute atomic E-state index is 0.151. The molecule has 3 aliphatic rings. The summed E-state index contributed by atoms with van der Waals surface area (Å²) in [6.07, 6.45) is 9.99. The zero-order valence-corrected chi connectivity index (χ0v) is 19.4. The van der Waals surface area contributed by atoms with Crippen LogP contribution in [0.4, 0.5) is 5.69 Å². The number of ether oxygens (including phenoxy) is 1. The molecule has 178 valence electrons. The summed E-state index contributed by atoms with van der Waals surface area (Å²) in [7, 11) is 0. The molecule has 34 heavy (non-hydrogen) atoms. The van der Waals surface area contributed by atoms with Crippen molar-refractivity contribution < 1.29 is 24.6 Å². The van der Waals surface area contributed by atoms with Crippen molar-refractivity contribution in [2.24, 2.45) is 5.92 Å². The fourth-order valence-corrected chi connectivity index (χ4v) is 5.18. The molecule has 1 amide bonds. The van der Waals surface area contributed by atoms with Gasteiger partial charge in [-0.15, -0.1) is 0 Å². The van der Waals surface area contributed by atoms with Crippen LogP contribution in [-0.4, -0.2) is 37.7 Å². The molecule has 0 atom stereocenters. The topological polar surface area (TPSA) is 100 Å². The van der Waals surface area contributed by atoms with Gasteiger partial charge in [0.2, 0.25) is 5.69 Å². The number of anilines is 1. The van der Waals surface area contributed by atoms with Gasteiger partial charge in [-0.05, 0) is 69.4 Å². The number of hydrogen-bond acceptors (Lipinski definition) is 5. The summed E-state index contributed by atoms with van der Waals surface area (Å²) in [5.41, 5.74) is 1.63. The number of benzene rings is 1. The third-order valence-electron chi connectivity index (χ3n) is 7.61. The number of hydrogen-bond donors (Lipinski definition) is 3. The second-order valence-corrected chi connectivity index (χ2v) is 10.3. The molecule has 0 radical (unpaired) electrons. The summed E-state index contributed by atoms with van der Waals surface area (Å²) in [6.45, 7) is 1.73. The van der Waals surface area contributed by atoms with Crippen LogP contribution < -0.4 is 14.8 Å². The Kier molecular flexibility index (Phi) is 5.02. The first-order valence-electron chi connectivity index (χ1n) is 12.3. The van der Waals surface area contributed by atoms with E-state index in [1.165, 1.54) is 0 Å². The second-order valence-electron chi connectivity index (χ2n) is 10.3. The summed E-state index contributed by atoms with van der Waals surface area (Å²) in [6, 6.07) is 9.10. The molecule has 3 aromatic rings. The van der Waals surface area contributed by atoms with Crippen molar-refractivity contribution in [1.29, 1.82) is 0 Å². The summed E-state index contributed by atoms with van der Waals surface area (Å²) in [4.78, 5) is 13.0. The van der Waals surface area contributed by atoms with Gasteiger partial charge in [-0.1, -0.05) is 0 Å². The smallest absolute Gasteiger partial charge is 0.325 e. The third-order valence-corrected chi connectivity index (χ3v) is 7.61. The first kappa shape index (κ1) is 21.4. The van der Waals surface area contributed by atoms with Crippen LogP contribution in [0.5, 0.6) is 5.75 Å². The van der Waals surface area contributed by atoms with Gasteiger partial charge in [-0.25, -0.2) is 0 Å². The second kappa shape index (κ2) is 7.98. The van der Waals surface area contributed by atoms with Crippen LogP contribution in [0.2, 0.25) is 0 Å². The van der Waals surface area contributed by atoms with Gasteiger partial charge in [-0.2, -0.15) is 5.10 Å². The van der Waals surface area contributed by atoms with Crippen LogP contribution in [0.1, 0.15) is 73.6 Å². The van der Waals surface area contributed by atoms with Gasteiger partial charge < -0.3 is 15.2 Å². The van der Waals surface area contributed by atoms with Gasteiger partial charge in [0.05, 0.1) is 29.0 Å². The minimum atomic E-state index is -0.481. The molecule has 0 aliphatic heterocycles. The molecular weight excluding hydrogens is 432 g/mol. The van der Waals surface area contributed by atoms with Crippen molar-refractivity contribution in [3.8, 4) is 5.75 Å².